The fraction of sp³-hybridized carbons (Fsp3) is 0.591. The van der Waals surface area contributed by atoms with E-state index in [0.29, 0.717) is 23.9 Å². The van der Waals surface area contributed by atoms with Gasteiger partial charge in [-0.1, -0.05) is 12.1 Å². The second-order valence-electron chi connectivity index (χ2n) is 8.82. The van der Waals surface area contributed by atoms with Gasteiger partial charge in [-0.15, -0.1) is 0 Å². The highest BCUT2D eigenvalue weighted by Gasteiger charge is 2.51. The van der Waals surface area contributed by atoms with Crippen LogP contribution in [-0.2, 0) is 4.79 Å². The molecule has 6 heteroatoms. The summed E-state index contributed by atoms with van der Waals surface area (Å²) in [4.78, 5) is 28.8. The summed E-state index contributed by atoms with van der Waals surface area (Å²) < 4.78 is 0. The van der Waals surface area contributed by atoms with Crippen LogP contribution in [0.1, 0.15) is 44.1 Å². The van der Waals surface area contributed by atoms with Crippen molar-refractivity contribution < 1.29 is 9.72 Å². The van der Waals surface area contributed by atoms with Crippen molar-refractivity contribution in [2.45, 2.75) is 50.6 Å². The Kier molecular flexibility index (Phi) is 4.46. The van der Waals surface area contributed by atoms with E-state index in [-0.39, 0.29) is 16.5 Å². The van der Waals surface area contributed by atoms with E-state index in [1.54, 1.807) is 12.1 Å². The van der Waals surface area contributed by atoms with Crippen molar-refractivity contribution in [2.75, 3.05) is 19.6 Å². The van der Waals surface area contributed by atoms with Gasteiger partial charge in [-0.3, -0.25) is 19.8 Å². The Hall–Kier alpha value is -2.21. The van der Waals surface area contributed by atoms with E-state index in [1.165, 1.54) is 44.8 Å². The van der Waals surface area contributed by atoms with E-state index < -0.39 is 0 Å². The number of hydrogen-bond acceptors (Lipinski definition) is 4. The van der Waals surface area contributed by atoms with Crippen molar-refractivity contribution in [1.82, 2.24) is 9.80 Å². The van der Waals surface area contributed by atoms with Crippen LogP contribution in [0.15, 0.2) is 29.8 Å². The van der Waals surface area contributed by atoms with Gasteiger partial charge in [0.25, 0.3) is 5.69 Å². The van der Waals surface area contributed by atoms with Crippen molar-refractivity contribution in [1.29, 1.82) is 0 Å². The normalized spacial score (nSPS) is 34.1. The minimum atomic E-state index is -0.386. The molecule has 1 aromatic carbocycles. The molecular weight excluding hydrogens is 354 g/mol. The van der Waals surface area contributed by atoms with Gasteiger partial charge in [-0.2, -0.15) is 0 Å². The van der Waals surface area contributed by atoms with Gasteiger partial charge < -0.3 is 4.90 Å². The molecule has 0 aliphatic carbocycles. The molecule has 4 aliphatic rings. The van der Waals surface area contributed by atoms with E-state index in [9.17, 15) is 14.9 Å². The van der Waals surface area contributed by atoms with Crippen LogP contribution in [0.4, 0.5) is 5.69 Å². The molecule has 0 bridgehead atoms. The Morgan fingerprint density at radius 1 is 1.14 bits per heavy atom. The van der Waals surface area contributed by atoms with Crippen LogP contribution < -0.4 is 0 Å². The number of nitro groups is 1. The quantitative estimate of drug-likeness (QED) is 0.447. The van der Waals surface area contributed by atoms with Gasteiger partial charge in [-0.25, -0.2) is 0 Å². The summed E-state index contributed by atoms with van der Waals surface area (Å²) in [6.45, 7) is 3.35. The van der Waals surface area contributed by atoms with E-state index in [0.717, 1.165) is 30.5 Å². The molecule has 6 nitrogen and oxygen atoms in total. The number of non-ortho nitro benzene ring substituents is 1. The molecule has 0 spiro atoms. The molecule has 0 saturated carbocycles. The second-order valence-corrected chi connectivity index (χ2v) is 8.82. The van der Waals surface area contributed by atoms with Gasteiger partial charge in [0.1, 0.15) is 0 Å². The van der Waals surface area contributed by atoms with Gasteiger partial charge in [0, 0.05) is 36.3 Å². The Morgan fingerprint density at radius 3 is 2.79 bits per heavy atom. The van der Waals surface area contributed by atoms with Gasteiger partial charge in [0.15, 0.2) is 0 Å². The molecule has 1 aromatic rings. The monoisotopic (exact) mass is 381 g/mol. The maximum Gasteiger partial charge on any atom is 0.270 e. The number of hydrogen-bond donors (Lipinski definition) is 0. The number of rotatable bonds is 2. The summed E-state index contributed by atoms with van der Waals surface area (Å²) in [7, 11) is 0. The van der Waals surface area contributed by atoms with E-state index >= 15 is 0 Å². The van der Waals surface area contributed by atoms with Crippen molar-refractivity contribution in [3.05, 3.63) is 45.5 Å². The number of carbonyl (C=O) groups excluding carboxylic acids is 1. The molecule has 4 aliphatic heterocycles. The molecule has 0 N–H and O–H groups in total. The van der Waals surface area contributed by atoms with E-state index in [2.05, 4.69) is 9.80 Å². The van der Waals surface area contributed by atoms with E-state index in [4.69, 9.17) is 0 Å². The van der Waals surface area contributed by atoms with Gasteiger partial charge >= 0.3 is 0 Å². The Morgan fingerprint density at radius 2 is 1.96 bits per heavy atom. The fourth-order valence-corrected chi connectivity index (χ4v) is 6.26. The first-order valence-corrected chi connectivity index (χ1v) is 10.6. The minimum absolute atomic E-state index is 0.0702. The SMILES string of the molecule is O=C1/C(=C/c2cccc([N+](=O)[O-])c2)CC[C@@H]2[C@H]3CCCN4CCC[C@@H](CN12)[C@@H]34. The highest BCUT2D eigenvalue weighted by atomic mass is 16.6. The van der Waals surface area contributed by atoms with Crippen LogP contribution in [0, 0.1) is 22.0 Å². The first-order valence-electron chi connectivity index (χ1n) is 10.6. The highest BCUT2D eigenvalue weighted by Crippen LogP contribution is 2.45. The van der Waals surface area contributed by atoms with Crippen molar-refractivity contribution >= 4 is 17.7 Å². The van der Waals surface area contributed by atoms with Crippen LogP contribution in [0.25, 0.3) is 6.08 Å². The molecular formula is C22H27N3O3. The summed E-state index contributed by atoms with van der Waals surface area (Å²) in [6, 6.07) is 7.62. The molecule has 5 rings (SSSR count). The zero-order valence-corrected chi connectivity index (χ0v) is 16.1. The average molecular weight is 381 g/mol. The van der Waals surface area contributed by atoms with Crippen molar-refractivity contribution in [3.63, 3.8) is 0 Å². The lowest BCUT2D eigenvalue weighted by atomic mass is 9.67. The number of nitro benzene ring substituents is 1. The number of amides is 1. The highest BCUT2D eigenvalue weighted by molar-refractivity contribution is 5.99. The Balaban J connectivity index is 1.41. The third-order valence-electron chi connectivity index (χ3n) is 7.34. The first-order chi connectivity index (χ1) is 13.6. The van der Waals surface area contributed by atoms with Crippen LogP contribution in [0.5, 0.6) is 0 Å². The average Bonchev–Trinajstić information content (AvgIpc) is 2.71. The Bertz CT molecular complexity index is 834. The summed E-state index contributed by atoms with van der Waals surface area (Å²) in [5, 5.41) is 11.0. The predicted molar refractivity (Wildman–Crippen MR) is 107 cm³/mol. The predicted octanol–water partition coefficient (Wildman–Crippen LogP) is 3.47. The topological polar surface area (TPSA) is 66.7 Å². The van der Waals surface area contributed by atoms with Crippen LogP contribution in [0.3, 0.4) is 0 Å². The zero-order valence-electron chi connectivity index (χ0n) is 16.1. The summed E-state index contributed by atoms with van der Waals surface area (Å²) >= 11 is 0. The lowest BCUT2D eigenvalue weighted by molar-refractivity contribution is -0.384. The van der Waals surface area contributed by atoms with Crippen molar-refractivity contribution in [2.24, 2.45) is 11.8 Å². The smallest absolute Gasteiger partial charge is 0.270 e. The largest absolute Gasteiger partial charge is 0.335 e. The third kappa shape index (κ3) is 2.94. The molecule has 4 fully saturated rings. The van der Waals surface area contributed by atoms with Gasteiger partial charge in [0.05, 0.1) is 4.92 Å². The molecule has 0 aromatic heterocycles. The summed E-state index contributed by atoms with van der Waals surface area (Å²) in [6.07, 6.45) is 8.64. The zero-order chi connectivity index (χ0) is 19.3. The van der Waals surface area contributed by atoms with Crippen LogP contribution in [-0.4, -0.2) is 52.3 Å². The van der Waals surface area contributed by atoms with Crippen molar-refractivity contribution in [3.8, 4) is 0 Å². The maximum absolute atomic E-state index is 13.3. The molecule has 148 valence electrons. The van der Waals surface area contributed by atoms with Crippen LogP contribution >= 0.6 is 0 Å². The standard InChI is InChI=1S/C22H27N3O3/c26-22-16(12-15-4-1-6-18(13-15)25(27)28)8-9-20-19-7-3-11-23-10-2-5-17(21(19)23)14-24(20)22/h1,4,6,12-13,17,19-21H,2-3,5,7-11,14H2/b16-12+/t17-,19+,20+,21-/m0/s1. The number of piperidine rings is 4. The molecule has 0 unspecified atom stereocenters. The van der Waals surface area contributed by atoms with E-state index in [1.807, 2.05) is 12.1 Å². The lowest BCUT2D eigenvalue weighted by Crippen LogP contribution is -2.66. The van der Waals surface area contributed by atoms with Gasteiger partial charge in [0.2, 0.25) is 5.91 Å². The number of nitrogens with zero attached hydrogens (tertiary/aromatic N) is 3. The molecule has 4 saturated heterocycles. The molecule has 4 heterocycles. The third-order valence-corrected chi connectivity index (χ3v) is 7.34. The second kappa shape index (κ2) is 6.99. The summed E-state index contributed by atoms with van der Waals surface area (Å²) in [5.74, 6) is 1.39. The lowest BCUT2D eigenvalue weighted by Gasteiger charge is -2.58. The molecule has 4 atom stereocenters. The molecule has 0 radical (unpaired) electrons. The first kappa shape index (κ1) is 17.9. The summed E-state index contributed by atoms with van der Waals surface area (Å²) in [5.41, 5.74) is 1.62. The molecule has 28 heavy (non-hydrogen) atoms. The fourth-order valence-electron chi connectivity index (χ4n) is 6.26. The minimum Gasteiger partial charge on any atom is -0.335 e. The number of benzene rings is 1. The van der Waals surface area contributed by atoms with Crippen LogP contribution in [0.2, 0.25) is 0 Å². The maximum atomic E-state index is 13.3. The molecule has 1 amide bonds. The van der Waals surface area contributed by atoms with Gasteiger partial charge in [-0.05, 0) is 75.1 Å². The number of fused-ring (bicyclic) bond motifs is 2. The Labute approximate surface area is 165 Å². The number of carbonyl (C=O) groups is 1.